The molecule has 0 saturated carbocycles. The maximum Gasteiger partial charge on any atom is 0.242 e. The van der Waals surface area contributed by atoms with E-state index in [0.717, 1.165) is 43.7 Å². The molecule has 4 rings (SSSR count). The van der Waals surface area contributed by atoms with Crippen molar-refractivity contribution in [2.45, 2.75) is 45.7 Å². The average molecular weight is 381 g/mol. The van der Waals surface area contributed by atoms with Gasteiger partial charge in [0.2, 0.25) is 11.8 Å². The van der Waals surface area contributed by atoms with Gasteiger partial charge >= 0.3 is 0 Å². The third kappa shape index (κ3) is 3.93. The van der Waals surface area contributed by atoms with Crippen molar-refractivity contribution in [3.63, 3.8) is 0 Å². The number of amides is 2. The molecule has 2 amide bonds. The van der Waals surface area contributed by atoms with Gasteiger partial charge in [-0.25, -0.2) is 4.98 Å². The second-order valence-electron chi connectivity index (χ2n) is 8.13. The van der Waals surface area contributed by atoms with E-state index in [1.807, 2.05) is 45.8 Å². The lowest BCUT2D eigenvalue weighted by molar-refractivity contribution is -0.144. The summed E-state index contributed by atoms with van der Waals surface area (Å²) in [5.74, 6) is 1.19. The van der Waals surface area contributed by atoms with Crippen molar-refractivity contribution in [3.05, 3.63) is 48.3 Å². The van der Waals surface area contributed by atoms with Gasteiger partial charge in [0.05, 0.1) is 0 Å². The van der Waals surface area contributed by atoms with Crippen LogP contribution in [0, 0.1) is 12.3 Å². The number of nitrogens with zero attached hydrogens (tertiary/aromatic N) is 5. The lowest BCUT2D eigenvalue weighted by Gasteiger charge is -2.48. The molecule has 2 aromatic heterocycles. The molecular weight excluding hydrogens is 354 g/mol. The van der Waals surface area contributed by atoms with Gasteiger partial charge in [0.25, 0.3) is 0 Å². The minimum Gasteiger partial charge on any atom is -0.341 e. The van der Waals surface area contributed by atoms with Crippen LogP contribution in [0.25, 0.3) is 0 Å². The van der Waals surface area contributed by atoms with Gasteiger partial charge in [-0.15, -0.1) is 0 Å². The van der Waals surface area contributed by atoms with Crippen molar-refractivity contribution in [3.8, 4) is 0 Å². The zero-order valence-corrected chi connectivity index (χ0v) is 16.4. The number of aryl methyl sites for hydroxylation is 1. The quantitative estimate of drug-likeness (QED) is 0.812. The Kier molecular flexibility index (Phi) is 5.15. The van der Waals surface area contributed by atoms with Crippen molar-refractivity contribution in [2.75, 3.05) is 19.6 Å². The molecule has 7 heteroatoms. The van der Waals surface area contributed by atoms with Crippen LogP contribution in [0.1, 0.15) is 37.1 Å². The highest BCUT2D eigenvalue weighted by Gasteiger charge is 2.42. The largest absolute Gasteiger partial charge is 0.341 e. The molecule has 0 unspecified atom stereocenters. The number of likely N-dealkylation sites (tertiary alicyclic amines) is 2. The summed E-state index contributed by atoms with van der Waals surface area (Å²) < 4.78 is 1.89. The molecule has 0 N–H and O–H groups in total. The van der Waals surface area contributed by atoms with Crippen molar-refractivity contribution >= 4 is 11.8 Å². The number of rotatable bonds is 4. The first kappa shape index (κ1) is 18.7. The molecule has 2 saturated heterocycles. The summed E-state index contributed by atoms with van der Waals surface area (Å²) in [5, 5.41) is 0. The molecule has 1 spiro atoms. The third-order valence-electron chi connectivity index (χ3n) is 6.09. The first-order valence-electron chi connectivity index (χ1n) is 9.97. The monoisotopic (exact) mass is 381 g/mol. The molecule has 0 bridgehead atoms. The van der Waals surface area contributed by atoms with Crippen LogP contribution < -0.4 is 0 Å². The van der Waals surface area contributed by atoms with Crippen LogP contribution in [-0.2, 0) is 22.7 Å². The molecule has 1 atom stereocenters. The van der Waals surface area contributed by atoms with Gasteiger partial charge in [-0.1, -0.05) is 6.07 Å². The van der Waals surface area contributed by atoms with E-state index < -0.39 is 0 Å². The molecule has 2 aromatic rings. The lowest BCUT2D eigenvalue weighted by Crippen LogP contribution is -2.55. The van der Waals surface area contributed by atoms with E-state index in [4.69, 9.17) is 0 Å². The molecular formula is C21H27N5O2. The van der Waals surface area contributed by atoms with E-state index in [-0.39, 0.29) is 17.2 Å². The Morgan fingerprint density at radius 1 is 1.25 bits per heavy atom. The van der Waals surface area contributed by atoms with E-state index >= 15 is 0 Å². The van der Waals surface area contributed by atoms with Crippen LogP contribution in [0.2, 0.25) is 0 Å². The fourth-order valence-corrected chi connectivity index (χ4v) is 4.53. The lowest BCUT2D eigenvalue weighted by atomic mass is 9.73. The molecule has 0 radical (unpaired) electrons. The van der Waals surface area contributed by atoms with Crippen LogP contribution in [0.3, 0.4) is 0 Å². The van der Waals surface area contributed by atoms with Crippen LogP contribution in [0.4, 0.5) is 0 Å². The number of pyridine rings is 1. The van der Waals surface area contributed by atoms with Crippen molar-refractivity contribution in [1.29, 1.82) is 0 Å². The zero-order valence-electron chi connectivity index (χ0n) is 16.4. The SMILES string of the molecule is Cc1nccn1CC(=O)N1CCC[C@]2(CCC(=O)N(Cc3cccnc3)C2)C1. The molecule has 28 heavy (non-hydrogen) atoms. The van der Waals surface area contributed by atoms with Crippen LogP contribution in [-0.4, -0.2) is 55.8 Å². The maximum absolute atomic E-state index is 12.9. The number of hydrogen-bond donors (Lipinski definition) is 0. The van der Waals surface area contributed by atoms with E-state index in [1.54, 1.807) is 12.4 Å². The van der Waals surface area contributed by atoms with Gasteiger partial charge in [0.15, 0.2) is 0 Å². The van der Waals surface area contributed by atoms with Crippen LogP contribution in [0.15, 0.2) is 36.9 Å². The van der Waals surface area contributed by atoms with Gasteiger partial charge in [-0.05, 0) is 37.8 Å². The first-order chi connectivity index (χ1) is 13.5. The minimum absolute atomic E-state index is 0.00795. The highest BCUT2D eigenvalue weighted by Crippen LogP contribution is 2.39. The Balaban J connectivity index is 1.44. The van der Waals surface area contributed by atoms with Crippen LogP contribution >= 0.6 is 0 Å². The summed E-state index contributed by atoms with van der Waals surface area (Å²) >= 11 is 0. The summed E-state index contributed by atoms with van der Waals surface area (Å²) in [7, 11) is 0. The fourth-order valence-electron chi connectivity index (χ4n) is 4.53. The van der Waals surface area contributed by atoms with Gasteiger partial charge in [0.1, 0.15) is 12.4 Å². The third-order valence-corrected chi connectivity index (χ3v) is 6.09. The summed E-state index contributed by atoms with van der Waals surface area (Å²) in [6.07, 6.45) is 10.6. The Morgan fingerprint density at radius 2 is 2.14 bits per heavy atom. The standard InChI is InChI=1S/C21H27N5O2/c1-17-23-9-11-24(17)14-20(28)25-10-3-6-21(15-25)7-5-19(27)26(16-21)13-18-4-2-8-22-12-18/h2,4,8-9,11-12H,3,5-7,10,13-16H2,1H3/t21-/m0/s1. The second-order valence-corrected chi connectivity index (χ2v) is 8.13. The molecule has 4 heterocycles. The first-order valence-corrected chi connectivity index (χ1v) is 9.97. The Morgan fingerprint density at radius 3 is 2.89 bits per heavy atom. The normalized spacial score (nSPS) is 22.7. The van der Waals surface area contributed by atoms with E-state index in [1.165, 1.54) is 0 Å². The second kappa shape index (κ2) is 7.73. The zero-order chi connectivity index (χ0) is 19.6. The maximum atomic E-state index is 12.9. The Labute approximate surface area is 165 Å². The van der Waals surface area contributed by atoms with Gasteiger partial charge in [0, 0.05) is 62.8 Å². The van der Waals surface area contributed by atoms with E-state index in [2.05, 4.69) is 9.97 Å². The average Bonchev–Trinajstić information content (AvgIpc) is 3.10. The number of carbonyl (C=O) groups excluding carboxylic acids is 2. The smallest absolute Gasteiger partial charge is 0.242 e. The van der Waals surface area contributed by atoms with Gasteiger partial charge in [-0.3, -0.25) is 14.6 Å². The van der Waals surface area contributed by atoms with E-state index in [9.17, 15) is 9.59 Å². The number of piperidine rings is 2. The summed E-state index contributed by atoms with van der Waals surface area (Å²) in [5.41, 5.74) is 1.06. The summed E-state index contributed by atoms with van der Waals surface area (Å²) in [4.78, 5) is 37.7. The molecule has 2 aliphatic rings. The summed E-state index contributed by atoms with van der Waals surface area (Å²) in [6.45, 7) is 5.08. The minimum atomic E-state index is 0.00795. The number of carbonyl (C=O) groups is 2. The molecule has 148 valence electrons. The molecule has 0 aliphatic carbocycles. The molecule has 0 aromatic carbocycles. The van der Waals surface area contributed by atoms with Gasteiger partial charge in [-0.2, -0.15) is 0 Å². The van der Waals surface area contributed by atoms with Crippen LogP contribution in [0.5, 0.6) is 0 Å². The molecule has 2 fully saturated rings. The summed E-state index contributed by atoms with van der Waals surface area (Å²) in [6, 6.07) is 3.91. The Bertz CT molecular complexity index is 849. The fraction of sp³-hybridized carbons (Fsp3) is 0.524. The van der Waals surface area contributed by atoms with Crippen molar-refractivity contribution < 1.29 is 9.59 Å². The van der Waals surface area contributed by atoms with Crippen molar-refractivity contribution in [1.82, 2.24) is 24.3 Å². The number of aromatic nitrogens is 3. The highest BCUT2D eigenvalue weighted by molar-refractivity contribution is 5.78. The molecule has 7 nitrogen and oxygen atoms in total. The number of hydrogen-bond acceptors (Lipinski definition) is 4. The van der Waals surface area contributed by atoms with Gasteiger partial charge < -0.3 is 14.4 Å². The topological polar surface area (TPSA) is 71.3 Å². The number of imidazole rings is 1. The highest BCUT2D eigenvalue weighted by atomic mass is 16.2. The van der Waals surface area contributed by atoms with Crippen molar-refractivity contribution in [2.24, 2.45) is 5.41 Å². The Hall–Kier alpha value is -2.70. The molecule has 2 aliphatic heterocycles. The predicted octanol–water partition coefficient (Wildman–Crippen LogP) is 2.02. The van der Waals surface area contributed by atoms with E-state index in [0.29, 0.717) is 26.1 Å². The predicted molar refractivity (Wildman–Crippen MR) is 104 cm³/mol.